The molecule has 4 N–H and O–H groups in total. The molecule has 0 spiro atoms. The average Bonchev–Trinajstić information content (AvgIpc) is 3.14. The fourth-order valence-electron chi connectivity index (χ4n) is 3.30. The summed E-state index contributed by atoms with van der Waals surface area (Å²) in [5.41, 5.74) is 8.91. The van der Waals surface area contributed by atoms with E-state index >= 15 is 0 Å². The van der Waals surface area contributed by atoms with Crippen LogP contribution in [0.3, 0.4) is 0 Å². The van der Waals surface area contributed by atoms with Gasteiger partial charge in [-0.3, -0.25) is 9.59 Å². The molecule has 0 saturated heterocycles. The van der Waals surface area contributed by atoms with Crippen molar-refractivity contribution in [3.05, 3.63) is 94.6 Å². The number of benzene rings is 2. The maximum absolute atomic E-state index is 12.3. The molecule has 7 heteroatoms. The zero-order valence-corrected chi connectivity index (χ0v) is 17.2. The smallest absolute Gasteiger partial charge is 0.249 e. The summed E-state index contributed by atoms with van der Waals surface area (Å²) < 4.78 is 0. The minimum absolute atomic E-state index is 0.192. The fourth-order valence-corrected chi connectivity index (χ4v) is 3.52. The van der Waals surface area contributed by atoms with Gasteiger partial charge in [-0.1, -0.05) is 54.1 Å². The molecule has 0 aliphatic heterocycles. The highest BCUT2D eigenvalue weighted by Crippen LogP contribution is 2.24. The third-order valence-corrected chi connectivity index (χ3v) is 4.98. The Hall–Kier alpha value is -3.90. The summed E-state index contributed by atoms with van der Waals surface area (Å²) in [7, 11) is 0. The average molecular weight is 431 g/mol. The number of primary amides is 1. The first-order valence-corrected chi connectivity index (χ1v) is 9.97. The fraction of sp³-hybridized carbons (Fsp3) is 0.0417. The summed E-state index contributed by atoms with van der Waals surface area (Å²) in [6, 6.07) is 19.9. The third kappa shape index (κ3) is 4.82. The first-order valence-electron chi connectivity index (χ1n) is 9.59. The molecule has 0 radical (unpaired) electrons. The largest absolute Gasteiger partial charge is 0.366 e. The zero-order valence-electron chi connectivity index (χ0n) is 16.4. The molecule has 154 valence electrons. The second-order valence-electron chi connectivity index (χ2n) is 6.98. The summed E-state index contributed by atoms with van der Waals surface area (Å²) in [6.07, 6.45) is 3.68. The van der Waals surface area contributed by atoms with E-state index in [1.807, 2.05) is 42.5 Å². The first kappa shape index (κ1) is 20.4. The second-order valence-corrected chi connectivity index (χ2v) is 7.42. The van der Waals surface area contributed by atoms with Gasteiger partial charge in [-0.05, 0) is 41.5 Å². The number of H-pyrrole nitrogens is 1. The van der Waals surface area contributed by atoms with Crippen LogP contribution in [-0.2, 0) is 16.0 Å². The van der Waals surface area contributed by atoms with Crippen molar-refractivity contribution in [1.82, 2.24) is 9.97 Å². The van der Waals surface area contributed by atoms with Crippen LogP contribution in [0.5, 0.6) is 0 Å². The van der Waals surface area contributed by atoms with Gasteiger partial charge in [0.25, 0.3) is 0 Å². The van der Waals surface area contributed by atoms with Crippen molar-refractivity contribution >= 4 is 51.9 Å². The lowest BCUT2D eigenvalue weighted by molar-refractivity contribution is -0.115. The highest BCUT2D eigenvalue weighted by Gasteiger charge is 2.12. The Morgan fingerprint density at radius 3 is 2.61 bits per heavy atom. The molecule has 4 rings (SSSR count). The van der Waals surface area contributed by atoms with Crippen LogP contribution in [-0.4, -0.2) is 21.8 Å². The molecule has 0 aliphatic carbocycles. The van der Waals surface area contributed by atoms with E-state index in [1.54, 1.807) is 36.5 Å². The number of anilines is 1. The van der Waals surface area contributed by atoms with Gasteiger partial charge in [0.05, 0.1) is 6.42 Å². The predicted molar refractivity (Wildman–Crippen MR) is 123 cm³/mol. The Morgan fingerprint density at radius 2 is 1.87 bits per heavy atom. The number of pyridine rings is 1. The Balaban J connectivity index is 1.56. The van der Waals surface area contributed by atoms with Crippen molar-refractivity contribution < 1.29 is 9.59 Å². The monoisotopic (exact) mass is 430 g/mol. The van der Waals surface area contributed by atoms with Gasteiger partial charge >= 0.3 is 0 Å². The second kappa shape index (κ2) is 8.85. The van der Waals surface area contributed by atoms with Gasteiger partial charge in [-0.25, -0.2) is 4.98 Å². The number of nitrogens with one attached hydrogen (secondary N) is 2. The number of aromatic amines is 1. The number of hydrogen-bond acceptors (Lipinski definition) is 3. The van der Waals surface area contributed by atoms with Gasteiger partial charge in [0.2, 0.25) is 11.8 Å². The quantitative estimate of drug-likeness (QED) is 0.394. The predicted octanol–water partition coefficient (Wildman–Crippen LogP) is 4.42. The van der Waals surface area contributed by atoms with Gasteiger partial charge in [0.15, 0.2) is 0 Å². The summed E-state index contributed by atoms with van der Waals surface area (Å²) in [5.74, 6) is -0.283. The molecule has 0 atom stereocenters. The van der Waals surface area contributed by atoms with Crippen LogP contribution < -0.4 is 11.1 Å². The van der Waals surface area contributed by atoms with Crippen molar-refractivity contribution in [3.63, 3.8) is 0 Å². The number of nitrogens with two attached hydrogens (primary N) is 1. The van der Waals surface area contributed by atoms with Crippen LogP contribution >= 0.6 is 11.6 Å². The van der Waals surface area contributed by atoms with Crippen LogP contribution in [0.2, 0.25) is 5.02 Å². The number of fused-ring (bicyclic) bond motifs is 1. The Labute approximate surface area is 183 Å². The molecule has 0 unspecified atom stereocenters. The van der Waals surface area contributed by atoms with E-state index in [0.29, 0.717) is 22.1 Å². The molecule has 2 amide bonds. The molecule has 2 heterocycles. The van der Waals surface area contributed by atoms with E-state index in [0.717, 1.165) is 22.1 Å². The highest BCUT2D eigenvalue weighted by atomic mass is 35.5. The van der Waals surface area contributed by atoms with Crippen LogP contribution in [0, 0.1) is 0 Å². The summed E-state index contributed by atoms with van der Waals surface area (Å²) >= 11 is 5.97. The molecule has 0 saturated carbocycles. The third-order valence-electron chi connectivity index (χ3n) is 4.74. The van der Waals surface area contributed by atoms with Gasteiger partial charge < -0.3 is 16.0 Å². The number of halogens is 1. The highest BCUT2D eigenvalue weighted by molar-refractivity contribution is 6.30. The molecule has 0 bridgehead atoms. The first-order chi connectivity index (χ1) is 15.0. The van der Waals surface area contributed by atoms with Crippen LogP contribution in [0.25, 0.3) is 22.7 Å². The maximum Gasteiger partial charge on any atom is 0.249 e. The molecule has 31 heavy (non-hydrogen) atoms. The van der Waals surface area contributed by atoms with E-state index in [1.165, 1.54) is 0 Å². The number of nitrogens with zero attached hydrogens (tertiary/aromatic N) is 1. The van der Waals surface area contributed by atoms with Crippen LogP contribution in [0.4, 0.5) is 5.82 Å². The SMILES string of the molecule is NC(=O)C(=Cc1c[nH]c2nc(NC(=O)Cc3cccc(Cl)c3)ccc12)c1ccccc1. The molecule has 0 aliphatic rings. The lowest BCUT2D eigenvalue weighted by Crippen LogP contribution is -2.15. The lowest BCUT2D eigenvalue weighted by atomic mass is 10.0. The Morgan fingerprint density at radius 1 is 1.06 bits per heavy atom. The summed E-state index contributed by atoms with van der Waals surface area (Å²) in [6.45, 7) is 0. The summed E-state index contributed by atoms with van der Waals surface area (Å²) in [4.78, 5) is 31.9. The van der Waals surface area contributed by atoms with E-state index in [9.17, 15) is 9.59 Å². The van der Waals surface area contributed by atoms with Gasteiger partial charge in [0.1, 0.15) is 11.5 Å². The lowest BCUT2D eigenvalue weighted by Gasteiger charge is -2.06. The maximum atomic E-state index is 12.3. The normalized spacial score (nSPS) is 11.5. The molecule has 0 fully saturated rings. The molecular formula is C24H19ClN4O2. The van der Waals surface area contributed by atoms with Crippen molar-refractivity contribution in [2.24, 2.45) is 5.73 Å². The minimum atomic E-state index is -0.515. The number of rotatable bonds is 6. The van der Waals surface area contributed by atoms with E-state index in [4.69, 9.17) is 17.3 Å². The molecule has 4 aromatic rings. The Kier molecular flexibility index (Phi) is 5.82. The standard InChI is InChI=1S/C24H19ClN4O2/c25-18-8-4-5-15(11-18)12-22(30)28-21-10-9-19-17(14-27-24(19)29-21)13-20(23(26)31)16-6-2-1-3-7-16/h1-11,13-14H,12H2,(H2,26,31)(H2,27,28,29,30). The molecule has 6 nitrogen and oxygen atoms in total. The number of carbonyl (C=O) groups excluding carboxylic acids is 2. The summed E-state index contributed by atoms with van der Waals surface area (Å²) in [5, 5.41) is 4.19. The van der Waals surface area contributed by atoms with E-state index < -0.39 is 5.91 Å². The van der Waals surface area contributed by atoms with Crippen molar-refractivity contribution in [2.45, 2.75) is 6.42 Å². The van der Waals surface area contributed by atoms with E-state index in [-0.39, 0.29) is 12.3 Å². The number of amides is 2. The molecule has 2 aromatic carbocycles. The van der Waals surface area contributed by atoms with Gasteiger partial charge in [-0.15, -0.1) is 0 Å². The number of carbonyl (C=O) groups is 2. The van der Waals surface area contributed by atoms with Crippen LogP contribution in [0.1, 0.15) is 16.7 Å². The topological polar surface area (TPSA) is 101 Å². The zero-order chi connectivity index (χ0) is 21.8. The van der Waals surface area contributed by atoms with Crippen LogP contribution in [0.15, 0.2) is 72.9 Å². The Bertz CT molecular complexity index is 1300. The number of aromatic nitrogens is 2. The van der Waals surface area contributed by atoms with E-state index in [2.05, 4.69) is 15.3 Å². The molecule has 2 aromatic heterocycles. The van der Waals surface area contributed by atoms with Crippen molar-refractivity contribution in [1.29, 1.82) is 0 Å². The van der Waals surface area contributed by atoms with Crippen molar-refractivity contribution in [3.8, 4) is 0 Å². The van der Waals surface area contributed by atoms with Gasteiger partial charge in [-0.2, -0.15) is 0 Å². The molecular weight excluding hydrogens is 412 g/mol. The van der Waals surface area contributed by atoms with Crippen molar-refractivity contribution in [2.75, 3.05) is 5.32 Å². The minimum Gasteiger partial charge on any atom is -0.366 e. The number of hydrogen-bond donors (Lipinski definition) is 3. The van der Waals surface area contributed by atoms with Gasteiger partial charge in [0, 0.05) is 27.7 Å².